The molecular weight excluding hydrogens is 278 g/mol. The molecule has 0 aliphatic heterocycles. The molecule has 3 N–H and O–H groups in total. The summed E-state index contributed by atoms with van der Waals surface area (Å²) in [5.41, 5.74) is 5.92. The van der Waals surface area contributed by atoms with Crippen LogP contribution >= 0.6 is 15.9 Å². The molecule has 0 amide bonds. The number of aliphatic carboxylic acids is 1. The Labute approximate surface area is 101 Å². The first-order chi connectivity index (χ1) is 7.51. The van der Waals surface area contributed by atoms with Gasteiger partial charge in [-0.05, 0) is 22.0 Å². The number of hydrogen-bond acceptors (Lipinski definition) is 4. The fraction of sp³-hybridized carbons (Fsp3) is 0.300. The highest BCUT2D eigenvalue weighted by Gasteiger charge is 2.20. The van der Waals surface area contributed by atoms with E-state index in [0.717, 1.165) is 0 Å². The van der Waals surface area contributed by atoms with Crippen LogP contribution in [0.4, 0.5) is 0 Å². The number of carbonyl (C=O) groups is 1. The molecule has 1 aromatic carbocycles. The van der Waals surface area contributed by atoms with Gasteiger partial charge in [-0.1, -0.05) is 0 Å². The predicted octanol–water partition coefficient (Wildman–Crippen LogP) is 1.55. The normalized spacial score (nSPS) is 12.0. The zero-order valence-electron chi connectivity index (χ0n) is 8.86. The number of halogens is 1. The van der Waals surface area contributed by atoms with E-state index in [4.69, 9.17) is 20.3 Å². The van der Waals surface area contributed by atoms with Crippen LogP contribution in [0.5, 0.6) is 11.5 Å². The highest BCUT2D eigenvalue weighted by Crippen LogP contribution is 2.35. The van der Waals surface area contributed by atoms with Crippen LogP contribution in [0, 0.1) is 0 Å². The maximum Gasteiger partial charge on any atom is 0.325 e. The second kappa shape index (κ2) is 5.18. The van der Waals surface area contributed by atoms with Crippen LogP contribution in [-0.4, -0.2) is 25.3 Å². The molecule has 88 valence electrons. The molecule has 0 spiro atoms. The Balaban J connectivity index is 3.28. The Morgan fingerprint density at radius 3 is 2.38 bits per heavy atom. The summed E-state index contributed by atoms with van der Waals surface area (Å²) in [5, 5.41) is 8.85. The lowest BCUT2D eigenvalue weighted by Gasteiger charge is -2.14. The first-order valence-corrected chi connectivity index (χ1v) is 5.20. The maximum atomic E-state index is 10.8. The van der Waals surface area contributed by atoms with E-state index in [1.807, 2.05) is 0 Å². The first-order valence-electron chi connectivity index (χ1n) is 4.41. The third-order valence-electron chi connectivity index (χ3n) is 2.11. The molecule has 0 saturated carbocycles. The molecule has 16 heavy (non-hydrogen) atoms. The van der Waals surface area contributed by atoms with Gasteiger partial charge in [0.2, 0.25) is 0 Å². The van der Waals surface area contributed by atoms with Crippen molar-refractivity contribution in [2.75, 3.05) is 14.2 Å². The van der Waals surface area contributed by atoms with Gasteiger partial charge in [-0.3, -0.25) is 4.79 Å². The van der Waals surface area contributed by atoms with Crippen molar-refractivity contribution in [1.82, 2.24) is 0 Å². The van der Waals surface area contributed by atoms with Crippen molar-refractivity contribution in [3.63, 3.8) is 0 Å². The highest BCUT2D eigenvalue weighted by atomic mass is 79.9. The van der Waals surface area contributed by atoms with Gasteiger partial charge in [0.15, 0.2) is 0 Å². The molecule has 1 atom stereocenters. The number of carboxylic acids is 1. The quantitative estimate of drug-likeness (QED) is 0.879. The molecule has 0 bridgehead atoms. The van der Waals surface area contributed by atoms with Crippen LogP contribution in [0.25, 0.3) is 0 Å². The number of benzene rings is 1. The van der Waals surface area contributed by atoms with E-state index < -0.39 is 12.0 Å². The molecule has 0 saturated heterocycles. The van der Waals surface area contributed by atoms with Gasteiger partial charge in [0.25, 0.3) is 0 Å². The van der Waals surface area contributed by atoms with E-state index in [-0.39, 0.29) is 0 Å². The molecular formula is C10H12BrNO4. The number of hydrogen-bond donors (Lipinski definition) is 2. The molecule has 0 radical (unpaired) electrons. The number of rotatable bonds is 4. The van der Waals surface area contributed by atoms with Gasteiger partial charge in [0.05, 0.1) is 18.7 Å². The summed E-state index contributed by atoms with van der Waals surface area (Å²) < 4.78 is 10.8. The Kier molecular flexibility index (Phi) is 4.14. The first kappa shape index (κ1) is 12.8. The van der Waals surface area contributed by atoms with Gasteiger partial charge in [0.1, 0.15) is 17.5 Å². The van der Waals surface area contributed by atoms with Crippen molar-refractivity contribution in [2.45, 2.75) is 6.04 Å². The summed E-state index contributed by atoms with van der Waals surface area (Å²) in [5.74, 6) is -0.177. The van der Waals surface area contributed by atoms with Crippen molar-refractivity contribution < 1.29 is 19.4 Å². The second-order valence-corrected chi connectivity index (χ2v) is 3.90. The Hall–Kier alpha value is -1.27. The van der Waals surface area contributed by atoms with E-state index in [1.54, 1.807) is 12.1 Å². The van der Waals surface area contributed by atoms with Crippen molar-refractivity contribution >= 4 is 21.9 Å². The van der Waals surface area contributed by atoms with Crippen LogP contribution in [-0.2, 0) is 4.79 Å². The van der Waals surface area contributed by atoms with Crippen LogP contribution in [0.1, 0.15) is 11.6 Å². The molecule has 0 aliphatic rings. The van der Waals surface area contributed by atoms with E-state index in [9.17, 15) is 4.79 Å². The van der Waals surface area contributed by atoms with Crippen molar-refractivity contribution in [2.24, 2.45) is 5.73 Å². The SMILES string of the molecule is COc1cc(OC)c(C(N)C(=O)O)cc1Br. The third kappa shape index (κ3) is 2.45. The topological polar surface area (TPSA) is 81.8 Å². The van der Waals surface area contributed by atoms with Crippen molar-refractivity contribution in [3.8, 4) is 11.5 Å². The second-order valence-electron chi connectivity index (χ2n) is 3.04. The summed E-state index contributed by atoms with van der Waals surface area (Å²) in [4.78, 5) is 10.8. The van der Waals surface area contributed by atoms with Crippen LogP contribution in [0.3, 0.4) is 0 Å². The van der Waals surface area contributed by atoms with Gasteiger partial charge in [-0.25, -0.2) is 0 Å². The molecule has 6 heteroatoms. The van der Waals surface area contributed by atoms with Crippen molar-refractivity contribution in [3.05, 3.63) is 22.2 Å². The summed E-state index contributed by atoms with van der Waals surface area (Å²) in [6.07, 6.45) is 0. The third-order valence-corrected chi connectivity index (χ3v) is 2.72. The lowest BCUT2D eigenvalue weighted by atomic mass is 10.1. The number of methoxy groups -OCH3 is 2. The fourth-order valence-corrected chi connectivity index (χ4v) is 1.78. The minimum absolute atomic E-state index is 0.384. The number of ether oxygens (including phenoxy) is 2. The number of carboxylic acid groups (broad SMARTS) is 1. The van der Waals surface area contributed by atoms with Crippen molar-refractivity contribution in [1.29, 1.82) is 0 Å². The molecule has 0 aliphatic carbocycles. The summed E-state index contributed by atoms with van der Waals surface area (Å²) in [6, 6.07) is 2.04. The minimum atomic E-state index is -1.13. The molecule has 0 aromatic heterocycles. The molecule has 0 fully saturated rings. The van der Waals surface area contributed by atoms with Gasteiger partial charge in [-0.2, -0.15) is 0 Å². The lowest BCUT2D eigenvalue weighted by Crippen LogP contribution is -2.21. The monoisotopic (exact) mass is 289 g/mol. The molecule has 1 aromatic rings. The van der Waals surface area contributed by atoms with Crippen LogP contribution < -0.4 is 15.2 Å². The molecule has 5 nitrogen and oxygen atoms in total. The summed E-state index contributed by atoms with van der Waals surface area (Å²) in [6.45, 7) is 0. The van der Waals surface area contributed by atoms with E-state index in [2.05, 4.69) is 15.9 Å². The predicted molar refractivity (Wildman–Crippen MR) is 61.8 cm³/mol. The van der Waals surface area contributed by atoms with Gasteiger partial charge in [0, 0.05) is 11.6 Å². The maximum absolute atomic E-state index is 10.8. The Morgan fingerprint density at radius 2 is 1.94 bits per heavy atom. The fourth-order valence-electron chi connectivity index (χ4n) is 1.26. The summed E-state index contributed by atoms with van der Waals surface area (Å²) in [7, 11) is 2.96. The molecule has 0 heterocycles. The van der Waals surface area contributed by atoms with Gasteiger partial charge < -0.3 is 20.3 Å². The lowest BCUT2D eigenvalue weighted by molar-refractivity contribution is -0.138. The number of nitrogens with two attached hydrogens (primary N) is 1. The minimum Gasteiger partial charge on any atom is -0.496 e. The molecule has 1 unspecified atom stereocenters. The molecule has 1 rings (SSSR count). The summed E-state index contributed by atoms with van der Waals surface area (Å²) >= 11 is 3.26. The standard InChI is InChI=1S/C10H12BrNO4/c1-15-7-4-8(16-2)6(11)3-5(7)9(12)10(13)14/h3-4,9H,12H2,1-2H3,(H,13,14). The largest absolute Gasteiger partial charge is 0.496 e. The Bertz CT molecular complexity index is 408. The van der Waals surface area contributed by atoms with Crippen LogP contribution in [0.15, 0.2) is 16.6 Å². The smallest absolute Gasteiger partial charge is 0.325 e. The Morgan fingerprint density at radius 1 is 1.38 bits per heavy atom. The van der Waals surface area contributed by atoms with E-state index in [0.29, 0.717) is 21.5 Å². The average Bonchev–Trinajstić information content (AvgIpc) is 2.27. The zero-order valence-corrected chi connectivity index (χ0v) is 10.4. The van der Waals surface area contributed by atoms with E-state index in [1.165, 1.54) is 14.2 Å². The van der Waals surface area contributed by atoms with E-state index >= 15 is 0 Å². The zero-order chi connectivity index (χ0) is 12.3. The van der Waals surface area contributed by atoms with Gasteiger partial charge >= 0.3 is 5.97 Å². The average molecular weight is 290 g/mol. The highest BCUT2D eigenvalue weighted by molar-refractivity contribution is 9.10. The van der Waals surface area contributed by atoms with Gasteiger partial charge in [-0.15, -0.1) is 0 Å². The van der Waals surface area contributed by atoms with Crippen LogP contribution in [0.2, 0.25) is 0 Å².